The first-order valence-electron chi connectivity index (χ1n) is 9.04. The topological polar surface area (TPSA) is 35.6 Å². The van der Waals surface area contributed by atoms with E-state index in [1.54, 1.807) is 0 Å². The predicted molar refractivity (Wildman–Crippen MR) is 92.5 cm³/mol. The largest absolute Gasteiger partial charge is 0.339 e. The molecule has 5 heteroatoms. The molecule has 1 amide bonds. The maximum atomic E-state index is 12.7. The fraction of sp³-hybridized carbons (Fsp3) is 0.941. The SMILES string of the molecule is CCN(C(=O)CN1CCC2CCC(C1)N2)C1CCCCC1.Cl. The van der Waals surface area contributed by atoms with Crippen molar-refractivity contribution >= 4 is 18.3 Å². The number of amides is 1. The van der Waals surface area contributed by atoms with Crippen molar-refractivity contribution in [1.82, 2.24) is 15.1 Å². The fourth-order valence-corrected chi connectivity index (χ4v) is 4.47. The Morgan fingerprint density at radius 2 is 1.82 bits per heavy atom. The molecule has 0 aromatic carbocycles. The predicted octanol–water partition coefficient (Wildman–Crippen LogP) is 2.42. The summed E-state index contributed by atoms with van der Waals surface area (Å²) < 4.78 is 0. The van der Waals surface area contributed by atoms with E-state index < -0.39 is 0 Å². The molecule has 2 aliphatic heterocycles. The number of likely N-dealkylation sites (N-methyl/N-ethyl adjacent to an activating group) is 1. The maximum Gasteiger partial charge on any atom is 0.236 e. The first-order chi connectivity index (χ1) is 10.3. The second-order valence-electron chi connectivity index (χ2n) is 7.13. The van der Waals surface area contributed by atoms with Crippen molar-refractivity contribution in [2.24, 2.45) is 0 Å². The van der Waals surface area contributed by atoms with Crippen LogP contribution >= 0.6 is 12.4 Å². The van der Waals surface area contributed by atoms with Crippen LogP contribution in [0.25, 0.3) is 0 Å². The van der Waals surface area contributed by atoms with Crippen LogP contribution in [0.1, 0.15) is 58.3 Å². The van der Waals surface area contributed by atoms with E-state index in [1.807, 2.05) is 0 Å². The molecule has 22 heavy (non-hydrogen) atoms. The summed E-state index contributed by atoms with van der Waals surface area (Å²) in [6.07, 6.45) is 10.2. The lowest BCUT2D eigenvalue weighted by molar-refractivity contribution is -0.135. The minimum atomic E-state index is 0. The Hall–Kier alpha value is -0.320. The second-order valence-corrected chi connectivity index (χ2v) is 7.13. The van der Waals surface area contributed by atoms with Crippen LogP contribution in [0.2, 0.25) is 0 Å². The lowest BCUT2D eigenvalue weighted by atomic mass is 9.94. The van der Waals surface area contributed by atoms with Crippen molar-refractivity contribution in [2.75, 3.05) is 26.2 Å². The van der Waals surface area contributed by atoms with Gasteiger partial charge in [-0.1, -0.05) is 19.3 Å². The summed E-state index contributed by atoms with van der Waals surface area (Å²) in [5, 5.41) is 3.70. The zero-order valence-corrected chi connectivity index (χ0v) is 14.7. The Bertz CT molecular complexity index is 360. The van der Waals surface area contributed by atoms with Crippen LogP contribution < -0.4 is 5.32 Å². The van der Waals surface area contributed by atoms with E-state index in [4.69, 9.17) is 0 Å². The minimum absolute atomic E-state index is 0. The van der Waals surface area contributed by atoms with Crippen LogP contribution in [-0.2, 0) is 4.79 Å². The van der Waals surface area contributed by atoms with Gasteiger partial charge in [0.25, 0.3) is 0 Å². The Morgan fingerprint density at radius 1 is 1.09 bits per heavy atom. The number of rotatable bonds is 4. The molecule has 2 heterocycles. The Balaban J connectivity index is 0.00000176. The zero-order valence-electron chi connectivity index (χ0n) is 13.9. The van der Waals surface area contributed by atoms with Crippen molar-refractivity contribution in [3.8, 4) is 0 Å². The Kier molecular flexibility index (Phi) is 6.97. The third-order valence-electron chi connectivity index (χ3n) is 5.64. The van der Waals surface area contributed by atoms with E-state index in [0.717, 1.165) is 19.6 Å². The summed E-state index contributed by atoms with van der Waals surface area (Å²) in [5.74, 6) is 0.363. The molecular formula is C17H32ClN3O. The standard InChI is InChI=1S/C17H31N3O.ClH/c1-2-20(16-6-4-3-5-7-16)17(21)13-19-11-10-14-8-9-15(12-19)18-14;/h14-16,18H,2-13H2,1H3;1H. The van der Waals surface area contributed by atoms with Crippen molar-refractivity contribution < 1.29 is 4.79 Å². The molecule has 3 fully saturated rings. The molecule has 0 aromatic rings. The monoisotopic (exact) mass is 329 g/mol. The average molecular weight is 330 g/mol. The lowest BCUT2D eigenvalue weighted by Gasteiger charge is -2.35. The van der Waals surface area contributed by atoms with Gasteiger partial charge in [0.05, 0.1) is 6.54 Å². The molecule has 1 saturated carbocycles. The summed E-state index contributed by atoms with van der Waals surface area (Å²) in [6.45, 7) is 5.79. The summed E-state index contributed by atoms with van der Waals surface area (Å²) >= 11 is 0. The number of carbonyl (C=O) groups excluding carboxylic acids is 1. The number of likely N-dealkylation sites (tertiary alicyclic amines) is 1. The smallest absolute Gasteiger partial charge is 0.236 e. The molecule has 0 aromatic heterocycles. The summed E-state index contributed by atoms with van der Waals surface area (Å²) in [4.78, 5) is 17.3. The number of carbonyl (C=O) groups is 1. The maximum absolute atomic E-state index is 12.7. The van der Waals surface area contributed by atoms with E-state index in [9.17, 15) is 4.79 Å². The average Bonchev–Trinajstić information content (AvgIpc) is 2.83. The van der Waals surface area contributed by atoms with Crippen molar-refractivity contribution in [1.29, 1.82) is 0 Å². The van der Waals surface area contributed by atoms with E-state index in [1.165, 1.54) is 51.4 Å². The van der Waals surface area contributed by atoms with Gasteiger partial charge in [-0.2, -0.15) is 0 Å². The van der Waals surface area contributed by atoms with Crippen molar-refractivity contribution in [3.05, 3.63) is 0 Å². The van der Waals surface area contributed by atoms with E-state index in [0.29, 0.717) is 30.6 Å². The third-order valence-corrected chi connectivity index (χ3v) is 5.64. The molecular weight excluding hydrogens is 298 g/mol. The van der Waals surface area contributed by atoms with Gasteiger partial charge in [-0.15, -0.1) is 12.4 Å². The summed E-state index contributed by atoms with van der Waals surface area (Å²) in [5.41, 5.74) is 0. The van der Waals surface area contributed by atoms with Crippen molar-refractivity contribution in [2.45, 2.75) is 76.4 Å². The molecule has 1 N–H and O–H groups in total. The number of nitrogens with one attached hydrogen (secondary N) is 1. The van der Waals surface area contributed by atoms with Crippen LogP contribution in [0, 0.1) is 0 Å². The Labute approximate surface area is 141 Å². The van der Waals surface area contributed by atoms with E-state index >= 15 is 0 Å². The first kappa shape index (κ1) is 18.0. The minimum Gasteiger partial charge on any atom is -0.339 e. The first-order valence-corrected chi connectivity index (χ1v) is 9.04. The highest BCUT2D eigenvalue weighted by Gasteiger charge is 2.31. The number of nitrogens with zero attached hydrogens (tertiary/aromatic N) is 2. The van der Waals surface area contributed by atoms with Gasteiger partial charge < -0.3 is 10.2 Å². The number of halogens is 1. The van der Waals surface area contributed by atoms with Crippen LogP contribution in [0.4, 0.5) is 0 Å². The molecule has 2 unspecified atom stereocenters. The number of hydrogen-bond donors (Lipinski definition) is 1. The van der Waals surface area contributed by atoms with Gasteiger partial charge in [0.1, 0.15) is 0 Å². The fourth-order valence-electron chi connectivity index (χ4n) is 4.47. The van der Waals surface area contributed by atoms with E-state index in [2.05, 4.69) is 22.0 Å². The van der Waals surface area contributed by atoms with Gasteiger partial charge in [0.15, 0.2) is 0 Å². The normalized spacial score (nSPS) is 29.7. The highest BCUT2D eigenvalue weighted by molar-refractivity contribution is 5.85. The molecule has 3 aliphatic rings. The third kappa shape index (κ3) is 4.36. The van der Waals surface area contributed by atoms with Gasteiger partial charge in [-0.3, -0.25) is 9.69 Å². The van der Waals surface area contributed by atoms with E-state index in [-0.39, 0.29) is 12.4 Å². The molecule has 2 saturated heterocycles. The lowest BCUT2D eigenvalue weighted by Crippen LogP contribution is -2.47. The molecule has 1 aliphatic carbocycles. The molecule has 0 spiro atoms. The van der Waals surface area contributed by atoms with Gasteiger partial charge in [-0.25, -0.2) is 0 Å². The second kappa shape index (κ2) is 8.51. The molecule has 0 radical (unpaired) electrons. The number of fused-ring (bicyclic) bond motifs is 2. The quantitative estimate of drug-likeness (QED) is 0.860. The summed E-state index contributed by atoms with van der Waals surface area (Å²) in [6, 6.07) is 1.84. The van der Waals surface area contributed by atoms with Crippen molar-refractivity contribution in [3.63, 3.8) is 0 Å². The van der Waals surface area contributed by atoms with Crippen LogP contribution in [0.5, 0.6) is 0 Å². The Morgan fingerprint density at radius 3 is 2.55 bits per heavy atom. The summed E-state index contributed by atoms with van der Waals surface area (Å²) in [7, 11) is 0. The zero-order chi connectivity index (χ0) is 14.7. The van der Waals surface area contributed by atoms with Crippen LogP contribution in [0.3, 0.4) is 0 Å². The van der Waals surface area contributed by atoms with Crippen LogP contribution in [-0.4, -0.2) is 60.0 Å². The van der Waals surface area contributed by atoms with Gasteiger partial charge in [-0.05, 0) is 39.0 Å². The molecule has 2 bridgehead atoms. The molecule has 2 atom stereocenters. The van der Waals surface area contributed by atoms with Gasteiger partial charge >= 0.3 is 0 Å². The van der Waals surface area contributed by atoms with Gasteiger partial charge in [0, 0.05) is 37.8 Å². The molecule has 4 nitrogen and oxygen atoms in total. The highest BCUT2D eigenvalue weighted by atomic mass is 35.5. The number of hydrogen-bond acceptors (Lipinski definition) is 3. The van der Waals surface area contributed by atoms with Gasteiger partial charge in [0.2, 0.25) is 5.91 Å². The molecule has 3 rings (SSSR count). The van der Waals surface area contributed by atoms with Crippen LogP contribution in [0.15, 0.2) is 0 Å². The molecule has 128 valence electrons. The highest BCUT2D eigenvalue weighted by Crippen LogP contribution is 2.24.